The molecule has 96 valence electrons. The van der Waals surface area contributed by atoms with Crippen molar-refractivity contribution in [3.63, 3.8) is 0 Å². The van der Waals surface area contributed by atoms with E-state index in [2.05, 4.69) is 31.0 Å². The summed E-state index contributed by atoms with van der Waals surface area (Å²) in [5.41, 5.74) is 0. The Balaban J connectivity index is 2.11. The number of hydrogen-bond donors (Lipinski definition) is 1. The number of nitrogens with one attached hydrogen (secondary N) is 1. The summed E-state index contributed by atoms with van der Waals surface area (Å²) in [7, 11) is 0. The average molecular weight is 228 g/mol. The summed E-state index contributed by atoms with van der Waals surface area (Å²) in [6.07, 6.45) is 4.14. The van der Waals surface area contributed by atoms with Crippen LogP contribution in [0.1, 0.15) is 40.0 Å². The average Bonchev–Trinajstić information content (AvgIpc) is 2.29. The number of hydrogen-bond acceptors (Lipinski definition) is 3. The molecule has 3 nitrogen and oxygen atoms in total. The molecule has 16 heavy (non-hydrogen) atoms. The highest BCUT2D eigenvalue weighted by Gasteiger charge is 2.19. The first-order valence-corrected chi connectivity index (χ1v) is 6.83. The van der Waals surface area contributed by atoms with E-state index in [4.69, 9.17) is 4.74 Å². The Hall–Kier alpha value is -0.120. The molecule has 0 amide bonds. The predicted octanol–water partition coefficient (Wildman–Crippen LogP) is 1.88. The zero-order chi connectivity index (χ0) is 11.8. The van der Waals surface area contributed by atoms with Crippen molar-refractivity contribution in [2.24, 2.45) is 0 Å². The smallest absolute Gasteiger partial charge is 0.0599 e. The van der Waals surface area contributed by atoms with Gasteiger partial charge in [0.15, 0.2) is 0 Å². The van der Waals surface area contributed by atoms with Crippen molar-refractivity contribution in [2.75, 3.05) is 32.8 Å². The third-order valence-electron chi connectivity index (χ3n) is 3.21. The van der Waals surface area contributed by atoms with Crippen molar-refractivity contribution in [3.05, 3.63) is 0 Å². The van der Waals surface area contributed by atoms with Gasteiger partial charge in [-0.2, -0.15) is 0 Å². The monoisotopic (exact) mass is 228 g/mol. The fraction of sp³-hybridized carbons (Fsp3) is 1.00. The molecule has 1 fully saturated rings. The van der Waals surface area contributed by atoms with Crippen molar-refractivity contribution in [3.8, 4) is 0 Å². The highest BCUT2D eigenvalue weighted by atomic mass is 16.5. The number of likely N-dealkylation sites (tertiary alicyclic amines) is 1. The second-order valence-electron chi connectivity index (χ2n) is 4.81. The highest BCUT2D eigenvalue weighted by Crippen LogP contribution is 2.13. The van der Waals surface area contributed by atoms with Crippen molar-refractivity contribution >= 4 is 0 Å². The van der Waals surface area contributed by atoms with Crippen LogP contribution in [0.5, 0.6) is 0 Å². The normalized spacial score (nSPS) is 21.2. The lowest BCUT2D eigenvalue weighted by Crippen LogP contribution is -2.44. The predicted molar refractivity (Wildman–Crippen MR) is 68.8 cm³/mol. The lowest BCUT2D eigenvalue weighted by atomic mass is 10.1. The molecule has 3 heteroatoms. The zero-order valence-electron chi connectivity index (χ0n) is 11.2. The minimum absolute atomic E-state index is 0.514. The van der Waals surface area contributed by atoms with Gasteiger partial charge < -0.3 is 15.0 Å². The molecule has 1 N–H and O–H groups in total. The van der Waals surface area contributed by atoms with E-state index < -0.39 is 0 Å². The summed E-state index contributed by atoms with van der Waals surface area (Å²) in [6, 6.07) is 0.614. The van der Waals surface area contributed by atoms with Gasteiger partial charge in [-0.05, 0) is 39.7 Å². The van der Waals surface area contributed by atoms with Gasteiger partial charge in [-0.15, -0.1) is 0 Å². The fourth-order valence-electron chi connectivity index (χ4n) is 2.34. The quantitative estimate of drug-likeness (QED) is 0.720. The minimum atomic E-state index is 0.514. The highest BCUT2D eigenvalue weighted by molar-refractivity contribution is 4.75. The van der Waals surface area contributed by atoms with Crippen molar-refractivity contribution in [1.29, 1.82) is 0 Å². The van der Waals surface area contributed by atoms with Crippen molar-refractivity contribution in [2.45, 2.75) is 52.2 Å². The topological polar surface area (TPSA) is 24.5 Å². The van der Waals surface area contributed by atoms with Gasteiger partial charge in [0.05, 0.1) is 6.10 Å². The first kappa shape index (κ1) is 13.9. The molecule has 0 bridgehead atoms. The van der Waals surface area contributed by atoms with Gasteiger partial charge in [0.1, 0.15) is 0 Å². The maximum Gasteiger partial charge on any atom is 0.0599 e. The van der Waals surface area contributed by atoms with Crippen LogP contribution in [0.2, 0.25) is 0 Å². The van der Waals surface area contributed by atoms with E-state index in [1.807, 2.05) is 0 Å². The maximum absolute atomic E-state index is 5.66. The van der Waals surface area contributed by atoms with Crippen LogP contribution < -0.4 is 5.32 Å². The molecule has 1 aliphatic rings. The summed E-state index contributed by atoms with van der Waals surface area (Å²) in [5, 5.41) is 3.54. The van der Waals surface area contributed by atoms with Crippen LogP contribution in [0.15, 0.2) is 0 Å². The Morgan fingerprint density at radius 2 is 2.00 bits per heavy atom. The van der Waals surface area contributed by atoms with Gasteiger partial charge in [-0.1, -0.05) is 6.92 Å². The third kappa shape index (κ3) is 5.28. The lowest BCUT2D eigenvalue weighted by Gasteiger charge is -2.33. The molecule has 1 saturated heterocycles. The lowest BCUT2D eigenvalue weighted by molar-refractivity contribution is 0.0128. The molecule has 0 radical (unpaired) electrons. The number of ether oxygens (including phenoxy) is 1. The molecule has 0 saturated carbocycles. The first-order valence-electron chi connectivity index (χ1n) is 6.83. The van der Waals surface area contributed by atoms with E-state index in [9.17, 15) is 0 Å². The van der Waals surface area contributed by atoms with E-state index in [1.54, 1.807) is 0 Å². The molecule has 0 aromatic rings. The van der Waals surface area contributed by atoms with E-state index in [0.717, 1.165) is 13.2 Å². The molecule has 1 unspecified atom stereocenters. The summed E-state index contributed by atoms with van der Waals surface area (Å²) >= 11 is 0. The summed E-state index contributed by atoms with van der Waals surface area (Å²) in [5.74, 6) is 0. The standard InChI is InChI=1S/C13H28N2O/c1-4-8-14-12(3)11-15-9-6-13(7-10-15)16-5-2/h12-14H,4-11H2,1-3H3. The SMILES string of the molecule is CCCNC(C)CN1CCC(OCC)CC1. The van der Waals surface area contributed by atoms with Crippen LogP contribution in [-0.4, -0.2) is 49.8 Å². The van der Waals surface area contributed by atoms with E-state index >= 15 is 0 Å². The number of rotatable bonds is 7. The van der Waals surface area contributed by atoms with Gasteiger partial charge in [0.2, 0.25) is 0 Å². The van der Waals surface area contributed by atoms with Gasteiger partial charge in [0.25, 0.3) is 0 Å². The fourth-order valence-corrected chi connectivity index (χ4v) is 2.34. The minimum Gasteiger partial charge on any atom is -0.378 e. The second kappa shape index (κ2) is 8.04. The Bertz CT molecular complexity index is 167. The van der Waals surface area contributed by atoms with E-state index in [0.29, 0.717) is 12.1 Å². The molecule has 0 aromatic heterocycles. The zero-order valence-corrected chi connectivity index (χ0v) is 11.2. The Morgan fingerprint density at radius 1 is 1.31 bits per heavy atom. The molecule has 1 rings (SSSR count). The summed E-state index contributed by atoms with van der Waals surface area (Å²) < 4.78 is 5.66. The van der Waals surface area contributed by atoms with Crippen LogP contribution in [-0.2, 0) is 4.74 Å². The molecule has 0 aliphatic carbocycles. The van der Waals surface area contributed by atoms with Gasteiger partial charge in [0, 0.05) is 32.3 Å². The van der Waals surface area contributed by atoms with Gasteiger partial charge in [-0.25, -0.2) is 0 Å². The molecular formula is C13H28N2O. The van der Waals surface area contributed by atoms with Crippen LogP contribution in [0.3, 0.4) is 0 Å². The Kier molecular flexibility index (Phi) is 7.01. The first-order chi connectivity index (χ1) is 7.76. The van der Waals surface area contributed by atoms with Gasteiger partial charge >= 0.3 is 0 Å². The van der Waals surface area contributed by atoms with E-state index in [-0.39, 0.29) is 0 Å². The van der Waals surface area contributed by atoms with E-state index in [1.165, 1.54) is 38.9 Å². The molecule has 1 heterocycles. The summed E-state index contributed by atoms with van der Waals surface area (Å²) in [4.78, 5) is 2.56. The number of nitrogens with zero attached hydrogens (tertiary/aromatic N) is 1. The second-order valence-corrected chi connectivity index (χ2v) is 4.81. The molecule has 1 aliphatic heterocycles. The molecular weight excluding hydrogens is 200 g/mol. The molecule has 0 aromatic carbocycles. The van der Waals surface area contributed by atoms with Crippen LogP contribution >= 0.6 is 0 Å². The van der Waals surface area contributed by atoms with Gasteiger partial charge in [-0.3, -0.25) is 0 Å². The Labute approximate surface area is 101 Å². The summed E-state index contributed by atoms with van der Waals surface area (Å²) in [6.45, 7) is 12.2. The van der Waals surface area contributed by atoms with Crippen LogP contribution in [0, 0.1) is 0 Å². The van der Waals surface area contributed by atoms with Crippen molar-refractivity contribution in [1.82, 2.24) is 10.2 Å². The van der Waals surface area contributed by atoms with Crippen molar-refractivity contribution < 1.29 is 4.74 Å². The Morgan fingerprint density at radius 3 is 2.56 bits per heavy atom. The largest absolute Gasteiger partial charge is 0.378 e. The third-order valence-corrected chi connectivity index (χ3v) is 3.21. The molecule has 0 spiro atoms. The molecule has 1 atom stereocenters. The number of piperidine rings is 1. The maximum atomic E-state index is 5.66. The van der Waals surface area contributed by atoms with Crippen LogP contribution in [0.4, 0.5) is 0 Å². The van der Waals surface area contributed by atoms with Crippen LogP contribution in [0.25, 0.3) is 0 Å².